The molecule has 7 heteroatoms. The number of carbonyl (C=O) groups is 1. The third-order valence-electron chi connectivity index (χ3n) is 4.01. The molecule has 0 radical (unpaired) electrons. The zero-order valence-corrected chi connectivity index (χ0v) is 16.8. The summed E-state index contributed by atoms with van der Waals surface area (Å²) in [7, 11) is -2.10. The monoisotopic (exact) mass is 416 g/mol. The molecule has 0 atom stereocenters. The van der Waals surface area contributed by atoms with E-state index in [1.54, 1.807) is 30.3 Å². The first-order chi connectivity index (χ1) is 13.3. The van der Waals surface area contributed by atoms with Crippen molar-refractivity contribution in [1.29, 1.82) is 0 Å². The average molecular weight is 416 g/mol. The summed E-state index contributed by atoms with van der Waals surface area (Å²) < 4.78 is 42.5. The highest BCUT2D eigenvalue weighted by Gasteiger charge is 2.16. The van der Waals surface area contributed by atoms with Crippen LogP contribution in [0.4, 0.5) is 4.39 Å². The smallest absolute Gasteiger partial charge is 0.186 e. The first-order valence-electron chi connectivity index (χ1n) is 8.25. The molecule has 0 saturated heterocycles. The third-order valence-corrected chi connectivity index (χ3v) is 6.23. The van der Waals surface area contributed by atoms with Crippen LogP contribution in [-0.4, -0.2) is 27.6 Å². The van der Waals surface area contributed by atoms with Crippen LogP contribution in [0.3, 0.4) is 0 Å². The van der Waals surface area contributed by atoms with Gasteiger partial charge in [0.15, 0.2) is 15.6 Å². The second kappa shape index (κ2) is 8.08. The lowest BCUT2D eigenvalue weighted by Gasteiger charge is -2.07. The second-order valence-corrected chi connectivity index (χ2v) is 9.12. The summed E-state index contributed by atoms with van der Waals surface area (Å²) in [6.07, 6.45) is 4.12. The Kier molecular flexibility index (Phi) is 5.76. The van der Waals surface area contributed by atoms with E-state index in [-0.39, 0.29) is 22.2 Å². The minimum atomic E-state index is -3.45. The lowest BCUT2D eigenvalue weighted by atomic mass is 10.1. The Hall–Kier alpha value is -2.77. The minimum Gasteiger partial charge on any atom is -0.495 e. The van der Waals surface area contributed by atoms with Crippen LogP contribution in [0.2, 0.25) is 0 Å². The molecule has 0 bridgehead atoms. The Labute approximate surface area is 166 Å². The van der Waals surface area contributed by atoms with Gasteiger partial charge in [-0.1, -0.05) is 18.2 Å². The molecule has 0 unspecified atom stereocenters. The van der Waals surface area contributed by atoms with Crippen molar-refractivity contribution in [2.75, 3.05) is 13.4 Å². The van der Waals surface area contributed by atoms with E-state index >= 15 is 0 Å². The Morgan fingerprint density at radius 3 is 2.54 bits per heavy atom. The van der Waals surface area contributed by atoms with Gasteiger partial charge < -0.3 is 4.74 Å². The van der Waals surface area contributed by atoms with E-state index in [0.29, 0.717) is 11.1 Å². The van der Waals surface area contributed by atoms with Gasteiger partial charge in [-0.25, -0.2) is 12.8 Å². The van der Waals surface area contributed by atoms with Gasteiger partial charge in [0.05, 0.1) is 7.11 Å². The number of ketones is 1. The largest absolute Gasteiger partial charge is 0.495 e. The molecule has 0 aliphatic rings. The maximum absolute atomic E-state index is 13.9. The number of hydrogen-bond donors (Lipinski definition) is 0. The lowest BCUT2D eigenvalue weighted by Crippen LogP contribution is -2.03. The SMILES string of the molecule is COc1cc(C(=O)/C=C/c2ccc(-c3ccccc3F)s2)ccc1S(C)(=O)=O. The van der Waals surface area contributed by atoms with Crippen LogP contribution in [-0.2, 0) is 9.84 Å². The average Bonchev–Trinajstić information content (AvgIpc) is 3.14. The quantitative estimate of drug-likeness (QED) is 0.425. The predicted octanol–water partition coefficient (Wildman–Crippen LogP) is 4.86. The van der Waals surface area contributed by atoms with E-state index in [0.717, 1.165) is 16.0 Å². The van der Waals surface area contributed by atoms with E-state index in [1.165, 1.54) is 48.8 Å². The molecule has 0 aliphatic heterocycles. The third kappa shape index (κ3) is 4.37. The highest BCUT2D eigenvalue weighted by atomic mass is 32.2. The number of sulfone groups is 1. The van der Waals surface area contributed by atoms with Crippen molar-refractivity contribution >= 4 is 33.0 Å². The normalized spacial score (nSPS) is 11.7. The first kappa shape index (κ1) is 20.0. The van der Waals surface area contributed by atoms with Crippen LogP contribution in [0.15, 0.2) is 65.6 Å². The number of rotatable bonds is 6. The van der Waals surface area contributed by atoms with Gasteiger partial charge in [-0.05, 0) is 48.6 Å². The molecule has 144 valence electrons. The summed E-state index contributed by atoms with van der Waals surface area (Å²) in [5, 5.41) is 0. The molecule has 1 aromatic heterocycles. The molecule has 1 heterocycles. The molecule has 0 aliphatic carbocycles. The minimum absolute atomic E-state index is 0.0308. The molecular weight excluding hydrogens is 399 g/mol. The van der Waals surface area contributed by atoms with Crippen LogP contribution >= 0.6 is 11.3 Å². The molecular formula is C21H17FO4S2. The predicted molar refractivity (Wildman–Crippen MR) is 109 cm³/mol. The fraction of sp³-hybridized carbons (Fsp3) is 0.0952. The van der Waals surface area contributed by atoms with Crippen molar-refractivity contribution in [3.63, 3.8) is 0 Å². The van der Waals surface area contributed by atoms with Crippen molar-refractivity contribution in [2.45, 2.75) is 4.90 Å². The van der Waals surface area contributed by atoms with Crippen LogP contribution in [0.5, 0.6) is 5.75 Å². The number of methoxy groups -OCH3 is 1. The van der Waals surface area contributed by atoms with E-state index in [9.17, 15) is 17.6 Å². The maximum atomic E-state index is 13.9. The topological polar surface area (TPSA) is 60.4 Å². The molecule has 0 N–H and O–H groups in total. The Bertz CT molecular complexity index is 1160. The van der Waals surface area contributed by atoms with Gasteiger partial charge in [-0.15, -0.1) is 11.3 Å². The van der Waals surface area contributed by atoms with E-state index in [1.807, 2.05) is 6.07 Å². The number of benzene rings is 2. The standard InChI is InChI=1S/C21H17FO4S2/c1-26-19-13-14(7-12-21(19)28(2,24)25)18(23)10-8-15-9-11-20(27-15)16-5-3-4-6-17(16)22/h3-13H,1-2H3/b10-8+. The van der Waals surface area contributed by atoms with Gasteiger partial charge in [0, 0.05) is 27.1 Å². The van der Waals surface area contributed by atoms with Crippen LogP contribution in [0.25, 0.3) is 16.5 Å². The molecule has 0 saturated carbocycles. The van der Waals surface area contributed by atoms with Crippen LogP contribution in [0, 0.1) is 5.82 Å². The molecule has 0 spiro atoms. The van der Waals surface area contributed by atoms with E-state index in [2.05, 4.69) is 0 Å². The van der Waals surface area contributed by atoms with Gasteiger partial charge in [0.2, 0.25) is 0 Å². The van der Waals surface area contributed by atoms with E-state index < -0.39 is 9.84 Å². The summed E-state index contributed by atoms with van der Waals surface area (Å²) >= 11 is 1.37. The summed E-state index contributed by atoms with van der Waals surface area (Å²) in [6.45, 7) is 0. The number of halogens is 1. The van der Waals surface area contributed by atoms with E-state index in [4.69, 9.17) is 4.74 Å². The second-order valence-electron chi connectivity index (χ2n) is 6.02. The molecule has 0 amide bonds. The molecule has 0 fully saturated rings. The lowest BCUT2D eigenvalue weighted by molar-refractivity contribution is 0.104. The summed E-state index contributed by atoms with van der Waals surface area (Å²) in [4.78, 5) is 14.0. The number of allylic oxidation sites excluding steroid dienone is 1. The van der Waals surface area contributed by atoms with Crippen LogP contribution < -0.4 is 4.74 Å². The zero-order chi connectivity index (χ0) is 20.3. The molecule has 4 nitrogen and oxygen atoms in total. The van der Waals surface area contributed by atoms with Crippen molar-refractivity contribution in [3.8, 4) is 16.2 Å². The van der Waals surface area contributed by atoms with Gasteiger partial charge >= 0.3 is 0 Å². The molecule has 3 rings (SSSR count). The van der Waals surface area contributed by atoms with Gasteiger partial charge in [-0.2, -0.15) is 0 Å². The Morgan fingerprint density at radius 2 is 1.86 bits per heavy atom. The van der Waals surface area contributed by atoms with Gasteiger partial charge in [0.25, 0.3) is 0 Å². The highest BCUT2D eigenvalue weighted by Crippen LogP contribution is 2.31. The summed E-state index contributed by atoms with van der Waals surface area (Å²) in [5.74, 6) is -0.465. The highest BCUT2D eigenvalue weighted by molar-refractivity contribution is 7.90. The van der Waals surface area contributed by atoms with Crippen molar-refractivity contribution in [3.05, 3.63) is 76.9 Å². The Balaban J connectivity index is 1.82. The molecule has 28 heavy (non-hydrogen) atoms. The van der Waals surface area contributed by atoms with Crippen LogP contribution in [0.1, 0.15) is 15.2 Å². The zero-order valence-electron chi connectivity index (χ0n) is 15.2. The van der Waals surface area contributed by atoms with Crippen molar-refractivity contribution in [1.82, 2.24) is 0 Å². The number of thiophene rings is 1. The summed E-state index contributed by atoms with van der Waals surface area (Å²) in [5.41, 5.74) is 0.825. The number of ether oxygens (including phenoxy) is 1. The fourth-order valence-electron chi connectivity index (χ4n) is 2.63. The maximum Gasteiger partial charge on any atom is 0.186 e. The fourth-order valence-corrected chi connectivity index (χ4v) is 4.39. The first-order valence-corrected chi connectivity index (χ1v) is 11.0. The summed E-state index contributed by atoms with van der Waals surface area (Å²) in [6, 6.07) is 14.3. The number of hydrogen-bond acceptors (Lipinski definition) is 5. The number of carbonyl (C=O) groups excluding carboxylic acids is 1. The van der Waals surface area contributed by atoms with Crippen molar-refractivity contribution in [2.24, 2.45) is 0 Å². The molecule has 2 aromatic carbocycles. The van der Waals surface area contributed by atoms with Crippen molar-refractivity contribution < 1.29 is 22.3 Å². The molecule has 3 aromatic rings. The van der Waals surface area contributed by atoms with Gasteiger partial charge in [-0.3, -0.25) is 4.79 Å². The Morgan fingerprint density at radius 1 is 1.11 bits per heavy atom. The van der Waals surface area contributed by atoms with Gasteiger partial charge in [0.1, 0.15) is 16.5 Å².